The van der Waals surface area contributed by atoms with E-state index in [1.54, 1.807) is 0 Å². The van der Waals surface area contributed by atoms with Gasteiger partial charge in [-0.1, -0.05) is 66.2 Å². The first-order valence-corrected chi connectivity index (χ1v) is 7.58. The van der Waals surface area contributed by atoms with Crippen molar-refractivity contribution in [2.45, 2.75) is 0 Å². The van der Waals surface area contributed by atoms with Gasteiger partial charge in [0.2, 0.25) is 0 Å². The molecular formula is C21H15IrN2-. The topological polar surface area (TPSA) is 17.8 Å². The van der Waals surface area contributed by atoms with Crippen LogP contribution in [-0.2, 0) is 20.1 Å². The van der Waals surface area contributed by atoms with Gasteiger partial charge in [-0.15, -0.1) is 11.6 Å². The molecule has 0 aliphatic rings. The minimum Gasteiger partial charge on any atom is -0.265 e. The fraction of sp³-hybridized carbons (Fsp3) is 0. The number of benzene rings is 3. The average Bonchev–Trinajstić information content (AvgIpc) is 3.14. The zero-order valence-corrected chi connectivity index (χ0v) is 15.3. The molecule has 24 heavy (non-hydrogen) atoms. The number of nitrogens with zero attached hydrogens (tertiary/aromatic N) is 2. The Hall–Kier alpha value is -2.48. The molecule has 1 heterocycles. The van der Waals surface area contributed by atoms with Gasteiger partial charge in [-0.05, 0) is 11.3 Å². The van der Waals surface area contributed by atoms with Crippen molar-refractivity contribution in [2.75, 3.05) is 0 Å². The molecule has 0 atom stereocenters. The third-order valence-electron chi connectivity index (χ3n) is 3.84. The number of hydrogen-bond acceptors (Lipinski definition) is 1. The molecule has 4 aromatic rings. The minimum absolute atomic E-state index is 0. The second-order valence-corrected chi connectivity index (χ2v) is 5.37. The van der Waals surface area contributed by atoms with E-state index < -0.39 is 0 Å². The summed E-state index contributed by atoms with van der Waals surface area (Å²) in [4.78, 5) is 0. The van der Waals surface area contributed by atoms with Gasteiger partial charge in [0, 0.05) is 31.9 Å². The van der Waals surface area contributed by atoms with Crippen LogP contribution in [-0.4, -0.2) is 9.78 Å². The van der Waals surface area contributed by atoms with Crippen molar-refractivity contribution in [3.8, 4) is 27.9 Å². The van der Waals surface area contributed by atoms with Crippen LogP contribution < -0.4 is 0 Å². The van der Waals surface area contributed by atoms with Gasteiger partial charge in [-0.3, -0.25) is 4.68 Å². The van der Waals surface area contributed by atoms with Gasteiger partial charge in [-0.2, -0.15) is 23.3 Å². The van der Waals surface area contributed by atoms with Crippen molar-refractivity contribution in [1.82, 2.24) is 9.78 Å². The maximum absolute atomic E-state index is 4.45. The molecule has 0 aliphatic carbocycles. The molecular weight excluding hydrogens is 472 g/mol. The van der Waals surface area contributed by atoms with E-state index in [0.29, 0.717) is 0 Å². The summed E-state index contributed by atoms with van der Waals surface area (Å²) in [5.74, 6) is 0. The van der Waals surface area contributed by atoms with Crippen molar-refractivity contribution < 1.29 is 20.1 Å². The van der Waals surface area contributed by atoms with Gasteiger partial charge < -0.3 is 0 Å². The van der Waals surface area contributed by atoms with Crippen LogP contribution in [0.2, 0.25) is 0 Å². The van der Waals surface area contributed by atoms with Crippen LogP contribution >= 0.6 is 0 Å². The maximum atomic E-state index is 4.45. The smallest absolute Gasteiger partial charge is 0.0571 e. The van der Waals surface area contributed by atoms with Crippen molar-refractivity contribution in [3.05, 3.63) is 97.3 Å². The molecule has 119 valence electrons. The van der Waals surface area contributed by atoms with Crippen LogP contribution in [0.25, 0.3) is 27.9 Å². The fourth-order valence-corrected chi connectivity index (χ4v) is 2.60. The zero-order valence-electron chi connectivity index (χ0n) is 12.9. The van der Waals surface area contributed by atoms with Crippen molar-refractivity contribution >= 4 is 0 Å². The Morgan fingerprint density at radius 2 is 1.29 bits per heavy atom. The predicted molar refractivity (Wildman–Crippen MR) is 93.3 cm³/mol. The summed E-state index contributed by atoms with van der Waals surface area (Å²) in [5, 5.41) is 4.45. The molecule has 0 amide bonds. The third kappa shape index (κ3) is 3.38. The Morgan fingerprint density at radius 1 is 0.667 bits per heavy atom. The quantitative estimate of drug-likeness (QED) is 0.372. The summed E-state index contributed by atoms with van der Waals surface area (Å²) in [6.07, 6.45) is 3.91. The van der Waals surface area contributed by atoms with Crippen LogP contribution in [0.15, 0.2) is 91.3 Å². The Bertz CT molecular complexity index is 898. The Kier molecular flexibility index (Phi) is 5.05. The number of aromatic nitrogens is 2. The molecule has 2 nitrogen and oxygen atoms in total. The van der Waals surface area contributed by atoms with E-state index in [4.69, 9.17) is 0 Å². The molecule has 0 spiro atoms. The van der Waals surface area contributed by atoms with Crippen molar-refractivity contribution in [3.63, 3.8) is 0 Å². The molecule has 0 saturated carbocycles. The Labute approximate surface area is 155 Å². The van der Waals surface area contributed by atoms with Crippen LogP contribution in [0.5, 0.6) is 0 Å². The molecule has 0 N–H and O–H groups in total. The first-order chi connectivity index (χ1) is 11.4. The van der Waals surface area contributed by atoms with Crippen molar-refractivity contribution in [2.24, 2.45) is 0 Å². The van der Waals surface area contributed by atoms with Crippen LogP contribution in [0.1, 0.15) is 0 Å². The summed E-state index contributed by atoms with van der Waals surface area (Å²) < 4.78 is 1.86. The normalized spacial score (nSPS) is 10.2. The van der Waals surface area contributed by atoms with E-state index >= 15 is 0 Å². The average molecular weight is 488 g/mol. The van der Waals surface area contributed by atoms with Crippen molar-refractivity contribution in [1.29, 1.82) is 0 Å². The van der Waals surface area contributed by atoms with Crippen LogP contribution in [0.4, 0.5) is 0 Å². The first-order valence-electron chi connectivity index (χ1n) is 7.58. The van der Waals surface area contributed by atoms with E-state index in [-0.39, 0.29) is 20.1 Å². The second-order valence-electron chi connectivity index (χ2n) is 5.37. The molecule has 1 radical (unpaired) electrons. The Morgan fingerprint density at radius 3 is 1.88 bits per heavy atom. The molecule has 0 unspecified atom stereocenters. The molecule has 0 saturated heterocycles. The summed E-state index contributed by atoms with van der Waals surface area (Å²) in [6, 6.07) is 30.1. The van der Waals surface area contributed by atoms with Gasteiger partial charge in [0.15, 0.2) is 0 Å². The van der Waals surface area contributed by atoms with Crippen LogP contribution in [0, 0.1) is 6.07 Å². The molecule has 1 aromatic heterocycles. The first kappa shape index (κ1) is 16.4. The molecule has 4 rings (SSSR count). The second kappa shape index (κ2) is 7.39. The maximum Gasteiger partial charge on any atom is 0.0571 e. The largest absolute Gasteiger partial charge is 0.265 e. The van der Waals surface area contributed by atoms with Gasteiger partial charge in [0.05, 0.1) is 6.20 Å². The van der Waals surface area contributed by atoms with Gasteiger partial charge in [0.1, 0.15) is 0 Å². The molecule has 0 fully saturated rings. The van der Waals surface area contributed by atoms with Crippen LogP contribution in [0.3, 0.4) is 0 Å². The molecule has 0 bridgehead atoms. The van der Waals surface area contributed by atoms with E-state index in [1.165, 1.54) is 11.1 Å². The zero-order chi connectivity index (χ0) is 15.5. The SMILES string of the molecule is [Ir].[c-]1cc(-c2ccccc2)ccc1-n1cc(-c2ccccc2)cn1. The van der Waals surface area contributed by atoms with E-state index in [0.717, 1.165) is 16.8 Å². The third-order valence-corrected chi connectivity index (χ3v) is 3.84. The summed E-state index contributed by atoms with van der Waals surface area (Å²) in [6.45, 7) is 0. The van der Waals surface area contributed by atoms with E-state index in [1.807, 2.05) is 65.6 Å². The summed E-state index contributed by atoms with van der Waals surface area (Å²) in [5.41, 5.74) is 5.56. The minimum atomic E-state index is 0. The summed E-state index contributed by atoms with van der Waals surface area (Å²) >= 11 is 0. The molecule has 3 heteroatoms. The molecule has 3 aromatic carbocycles. The van der Waals surface area contributed by atoms with Gasteiger partial charge in [0.25, 0.3) is 0 Å². The van der Waals surface area contributed by atoms with Gasteiger partial charge >= 0.3 is 0 Å². The predicted octanol–water partition coefficient (Wildman–Crippen LogP) is 5.00. The molecule has 0 aliphatic heterocycles. The van der Waals surface area contributed by atoms with Gasteiger partial charge in [-0.25, -0.2) is 0 Å². The summed E-state index contributed by atoms with van der Waals surface area (Å²) in [7, 11) is 0. The van der Waals surface area contributed by atoms with E-state index in [2.05, 4.69) is 41.5 Å². The number of hydrogen-bond donors (Lipinski definition) is 0. The fourth-order valence-electron chi connectivity index (χ4n) is 2.60. The standard InChI is InChI=1S/C21H15N2.Ir/c1-3-7-17(8-4-1)19-11-13-21(14-12-19)23-16-20(15-22-23)18-9-5-2-6-10-18;/h1-13,15-16H;/q-1;. The number of rotatable bonds is 3. The van der Waals surface area contributed by atoms with E-state index in [9.17, 15) is 0 Å². The Balaban J connectivity index is 0.00000169. The monoisotopic (exact) mass is 488 g/mol.